The van der Waals surface area contributed by atoms with Crippen LogP contribution < -0.4 is 10.2 Å². The van der Waals surface area contributed by atoms with E-state index in [0.717, 1.165) is 18.5 Å². The van der Waals surface area contributed by atoms with E-state index in [9.17, 15) is 13.2 Å². The third-order valence-corrected chi connectivity index (χ3v) is 6.98. The summed E-state index contributed by atoms with van der Waals surface area (Å²) in [6.45, 7) is 3.99. The molecule has 1 amide bonds. The molecule has 0 aromatic heterocycles. The predicted molar refractivity (Wildman–Crippen MR) is 99.5 cm³/mol. The summed E-state index contributed by atoms with van der Waals surface area (Å²) in [7, 11) is -3.65. The molecule has 1 saturated carbocycles. The van der Waals surface area contributed by atoms with Crippen LogP contribution in [-0.2, 0) is 19.5 Å². The second-order valence-electron chi connectivity index (χ2n) is 7.04. The number of hydrogen-bond donors (Lipinski definition) is 1. The van der Waals surface area contributed by atoms with Gasteiger partial charge in [0.05, 0.1) is 36.9 Å². The third-order valence-electron chi connectivity index (χ3n) is 5.08. The number of nitrogens with zero attached hydrogens (tertiary/aromatic N) is 2. The molecule has 3 aliphatic rings. The monoisotopic (exact) mass is 395 g/mol. The maximum Gasteiger partial charge on any atom is 0.253 e. The van der Waals surface area contributed by atoms with Crippen molar-refractivity contribution in [2.75, 3.05) is 57.5 Å². The highest BCUT2D eigenvalue weighted by Crippen LogP contribution is 2.28. The van der Waals surface area contributed by atoms with Crippen molar-refractivity contribution in [1.29, 1.82) is 0 Å². The van der Waals surface area contributed by atoms with Crippen molar-refractivity contribution in [3.63, 3.8) is 0 Å². The van der Waals surface area contributed by atoms with Gasteiger partial charge in [0.2, 0.25) is 10.0 Å². The van der Waals surface area contributed by atoms with E-state index in [1.807, 2.05) is 0 Å². The molecule has 0 radical (unpaired) electrons. The summed E-state index contributed by atoms with van der Waals surface area (Å²) < 4.78 is 38.0. The molecule has 0 bridgehead atoms. The van der Waals surface area contributed by atoms with Crippen molar-refractivity contribution >= 4 is 21.6 Å². The molecular weight excluding hydrogens is 370 g/mol. The molecular formula is C18H25N3O5S. The summed E-state index contributed by atoms with van der Waals surface area (Å²) in [5, 5.41) is 2.98. The van der Waals surface area contributed by atoms with Crippen molar-refractivity contribution < 1.29 is 22.7 Å². The second kappa shape index (κ2) is 7.75. The molecule has 0 atom stereocenters. The van der Waals surface area contributed by atoms with Gasteiger partial charge in [-0.05, 0) is 31.0 Å². The number of carbonyl (C=O) groups excluding carboxylic acids is 1. The fraction of sp³-hybridized carbons (Fsp3) is 0.611. The number of sulfonamides is 1. The first-order valence-electron chi connectivity index (χ1n) is 9.41. The molecule has 27 heavy (non-hydrogen) atoms. The van der Waals surface area contributed by atoms with E-state index in [2.05, 4.69) is 10.2 Å². The Hall–Kier alpha value is -1.68. The van der Waals surface area contributed by atoms with Gasteiger partial charge in [0, 0.05) is 37.9 Å². The smallest absolute Gasteiger partial charge is 0.253 e. The average Bonchev–Trinajstić information content (AvgIpc) is 3.53. The first-order chi connectivity index (χ1) is 13.1. The zero-order valence-electron chi connectivity index (χ0n) is 15.2. The molecule has 8 nitrogen and oxygen atoms in total. The van der Waals surface area contributed by atoms with E-state index < -0.39 is 10.0 Å². The average molecular weight is 395 g/mol. The van der Waals surface area contributed by atoms with Crippen LogP contribution in [0.15, 0.2) is 23.1 Å². The van der Waals surface area contributed by atoms with Crippen molar-refractivity contribution in [2.24, 2.45) is 0 Å². The van der Waals surface area contributed by atoms with Gasteiger partial charge in [-0.15, -0.1) is 0 Å². The highest BCUT2D eigenvalue weighted by atomic mass is 32.2. The van der Waals surface area contributed by atoms with E-state index in [1.165, 1.54) is 10.4 Å². The summed E-state index contributed by atoms with van der Waals surface area (Å²) in [5.74, 6) is -0.210. The molecule has 0 spiro atoms. The minimum absolute atomic E-state index is 0.155. The molecule has 1 aliphatic carbocycles. The fourth-order valence-electron chi connectivity index (χ4n) is 3.36. The molecule has 9 heteroatoms. The van der Waals surface area contributed by atoms with Crippen molar-refractivity contribution in [3.05, 3.63) is 23.8 Å². The predicted octanol–water partition coefficient (Wildman–Crippen LogP) is 0.436. The first kappa shape index (κ1) is 18.7. The SMILES string of the molecule is O=C(NC1CC1)c1cc(S(=O)(=O)N2CCOCC2)ccc1N1CCOCC1. The minimum atomic E-state index is -3.65. The van der Waals surface area contributed by atoms with Gasteiger partial charge in [-0.3, -0.25) is 4.79 Å². The van der Waals surface area contributed by atoms with Crippen LogP contribution in [-0.4, -0.2) is 77.3 Å². The maximum atomic E-state index is 13.0. The zero-order valence-corrected chi connectivity index (χ0v) is 16.0. The largest absolute Gasteiger partial charge is 0.379 e. The number of carbonyl (C=O) groups is 1. The highest BCUT2D eigenvalue weighted by Gasteiger charge is 2.30. The first-order valence-corrected chi connectivity index (χ1v) is 10.9. The van der Waals surface area contributed by atoms with Gasteiger partial charge in [-0.25, -0.2) is 8.42 Å². The zero-order chi connectivity index (χ0) is 18.9. The molecule has 1 N–H and O–H groups in total. The van der Waals surface area contributed by atoms with Crippen molar-refractivity contribution in [3.8, 4) is 0 Å². The van der Waals surface area contributed by atoms with E-state index in [1.54, 1.807) is 12.1 Å². The van der Waals surface area contributed by atoms with Crippen LogP contribution >= 0.6 is 0 Å². The topological polar surface area (TPSA) is 88.2 Å². The van der Waals surface area contributed by atoms with E-state index in [0.29, 0.717) is 58.2 Å². The van der Waals surface area contributed by atoms with Crippen LogP contribution in [0.1, 0.15) is 23.2 Å². The molecule has 2 aliphatic heterocycles. The Morgan fingerprint density at radius 1 is 1.00 bits per heavy atom. The van der Waals surface area contributed by atoms with E-state index in [4.69, 9.17) is 9.47 Å². The second-order valence-corrected chi connectivity index (χ2v) is 8.98. The maximum absolute atomic E-state index is 13.0. The third kappa shape index (κ3) is 4.11. The van der Waals surface area contributed by atoms with Crippen LogP contribution in [0.25, 0.3) is 0 Å². The van der Waals surface area contributed by atoms with Gasteiger partial charge in [0.25, 0.3) is 5.91 Å². The Labute approximate surface area is 159 Å². The summed E-state index contributed by atoms with van der Waals surface area (Å²) >= 11 is 0. The fourth-order valence-corrected chi connectivity index (χ4v) is 4.80. The van der Waals surface area contributed by atoms with Gasteiger partial charge >= 0.3 is 0 Å². The molecule has 1 aromatic carbocycles. The summed E-state index contributed by atoms with van der Waals surface area (Å²) in [6, 6.07) is 5.08. The molecule has 4 rings (SSSR count). The lowest BCUT2D eigenvalue weighted by atomic mass is 10.1. The summed E-state index contributed by atoms with van der Waals surface area (Å²) in [6.07, 6.45) is 1.95. The standard InChI is InChI=1S/C18H25N3O5S/c22-18(19-14-1-2-14)16-13-15(27(23,24)21-7-11-26-12-8-21)3-4-17(16)20-5-9-25-10-6-20/h3-4,13-14H,1-2,5-12H2,(H,19,22). The van der Waals surface area contributed by atoms with Crippen molar-refractivity contribution in [1.82, 2.24) is 9.62 Å². The lowest BCUT2D eigenvalue weighted by molar-refractivity contribution is 0.0730. The van der Waals surface area contributed by atoms with Crippen LogP contribution in [0, 0.1) is 0 Å². The Kier molecular flexibility index (Phi) is 5.36. The quantitative estimate of drug-likeness (QED) is 0.778. The lowest BCUT2D eigenvalue weighted by Gasteiger charge is -2.31. The van der Waals surface area contributed by atoms with Gasteiger partial charge in [0.15, 0.2) is 0 Å². The number of nitrogens with one attached hydrogen (secondary N) is 1. The Balaban J connectivity index is 1.67. The Morgan fingerprint density at radius 2 is 1.63 bits per heavy atom. The molecule has 0 unspecified atom stereocenters. The van der Waals surface area contributed by atoms with E-state index in [-0.39, 0.29) is 16.8 Å². The highest BCUT2D eigenvalue weighted by molar-refractivity contribution is 7.89. The van der Waals surface area contributed by atoms with Crippen molar-refractivity contribution in [2.45, 2.75) is 23.8 Å². The molecule has 2 heterocycles. The Bertz CT molecular complexity index is 797. The number of morpholine rings is 2. The number of amides is 1. The van der Waals surface area contributed by atoms with E-state index >= 15 is 0 Å². The van der Waals surface area contributed by atoms with Crippen LogP contribution in [0.5, 0.6) is 0 Å². The van der Waals surface area contributed by atoms with Crippen LogP contribution in [0.4, 0.5) is 5.69 Å². The number of benzene rings is 1. The lowest BCUT2D eigenvalue weighted by Crippen LogP contribution is -2.41. The van der Waals surface area contributed by atoms with Gasteiger partial charge in [-0.1, -0.05) is 0 Å². The summed E-state index contributed by atoms with van der Waals surface area (Å²) in [5.41, 5.74) is 1.18. The molecule has 1 aromatic rings. The Morgan fingerprint density at radius 3 is 2.26 bits per heavy atom. The normalized spacial score (nSPS) is 21.9. The molecule has 148 valence electrons. The summed E-state index contributed by atoms with van der Waals surface area (Å²) in [4.78, 5) is 15.1. The molecule has 2 saturated heterocycles. The number of hydrogen-bond acceptors (Lipinski definition) is 6. The number of ether oxygens (including phenoxy) is 2. The number of rotatable bonds is 5. The van der Waals surface area contributed by atoms with Crippen LogP contribution in [0.2, 0.25) is 0 Å². The van der Waals surface area contributed by atoms with Gasteiger partial charge in [-0.2, -0.15) is 4.31 Å². The minimum Gasteiger partial charge on any atom is -0.379 e. The van der Waals surface area contributed by atoms with Gasteiger partial charge < -0.3 is 19.7 Å². The van der Waals surface area contributed by atoms with Gasteiger partial charge in [0.1, 0.15) is 0 Å². The molecule has 3 fully saturated rings. The van der Waals surface area contributed by atoms with Crippen LogP contribution in [0.3, 0.4) is 0 Å². The number of anilines is 1.